The average molecular weight is 373 g/mol. The lowest BCUT2D eigenvalue weighted by atomic mass is 9.92. The molecule has 0 bridgehead atoms. The van der Waals surface area contributed by atoms with Crippen molar-refractivity contribution >= 4 is 22.4 Å². The zero-order valence-corrected chi connectivity index (χ0v) is 14.8. The fourth-order valence-electron chi connectivity index (χ4n) is 3.06. The van der Waals surface area contributed by atoms with Gasteiger partial charge in [0.05, 0.1) is 17.2 Å². The molecule has 1 aliphatic rings. The Kier molecular flexibility index (Phi) is 4.87. The monoisotopic (exact) mass is 373 g/mol. The molecule has 3 aromatic heterocycles. The first-order chi connectivity index (χ1) is 12.7. The lowest BCUT2D eigenvalue weighted by Crippen LogP contribution is -2.21. The first kappa shape index (κ1) is 17.0. The van der Waals surface area contributed by atoms with Crippen molar-refractivity contribution in [3.05, 3.63) is 47.3 Å². The fourth-order valence-corrected chi connectivity index (χ4v) is 4.10. The van der Waals surface area contributed by atoms with E-state index < -0.39 is 6.10 Å². The molecule has 0 saturated carbocycles. The number of hydrogen-bond acceptors (Lipinski definition) is 6. The van der Waals surface area contributed by atoms with Gasteiger partial charge in [-0.25, -0.2) is 4.98 Å². The van der Waals surface area contributed by atoms with Crippen molar-refractivity contribution < 1.29 is 19.1 Å². The maximum absolute atomic E-state index is 12.3. The molecule has 8 heteroatoms. The van der Waals surface area contributed by atoms with Crippen LogP contribution in [-0.4, -0.2) is 34.2 Å². The second kappa shape index (κ2) is 7.45. The Morgan fingerprint density at radius 2 is 2.19 bits per heavy atom. The first-order valence-corrected chi connectivity index (χ1v) is 9.29. The zero-order valence-electron chi connectivity index (χ0n) is 14.0. The van der Waals surface area contributed by atoms with E-state index in [1.807, 2.05) is 0 Å². The minimum atomic E-state index is -0.673. The molecule has 0 aromatic carbocycles. The van der Waals surface area contributed by atoms with Crippen LogP contribution in [0.5, 0.6) is 0 Å². The number of rotatable bonds is 5. The molecule has 136 valence electrons. The number of carbonyl (C=O) groups excluding carboxylic acids is 1. The van der Waals surface area contributed by atoms with Gasteiger partial charge in [-0.2, -0.15) is 0 Å². The smallest absolute Gasteiger partial charge is 0.273 e. The van der Waals surface area contributed by atoms with Crippen molar-refractivity contribution in [2.45, 2.75) is 18.9 Å². The number of amides is 1. The Morgan fingerprint density at radius 3 is 2.88 bits per heavy atom. The van der Waals surface area contributed by atoms with Crippen molar-refractivity contribution in [2.24, 2.45) is 5.92 Å². The number of aliphatic hydroxyl groups excluding tert-OH is 1. The summed E-state index contributed by atoms with van der Waals surface area (Å²) in [5.41, 5.74) is 1.02. The van der Waals surface area contributed by atoms with E-state index in [2.05, 4.69) is 15.3 Å². The van der Waals surface area contributed by atoms with E-state index in [9.17, 15) is 9.90 Å². The third kappa shape index (κ3) is 3.44. The number of anilines is 1. The van der Waals surface area contributed by atoms with Gasteiger partial charge in [0, 0.05) is 19.4 Å². The van der Waals surface area contributed by atoms with Gasteiger partial charge in [-0.1, -0.05) is 11.3 Å². The molecule has 0 radical (unpaired) electrons. The van der Waals surface area contributed by atoms with Crippen LogP contribution >= 0.6 is 11.3 Å². The van der Waals surface area contributed by atoms with Crippen molar-refractivity contribution in [3.8, 4) is 11.5 Å². The van der Waals surface area contributed by atoms with Crippen LogP contribution in [0.1, 0.15) is 34.3 Å². The minimum absolute atomic E-state index is 0.102. The van der Waals surface area contributed by atoms with Crippen LogP contribution in [0.25, 0.3) is 11.5 Å². The van der Waals surface area contributed by atoms with Crippen molar-refractivity contribution in [3.63, 3.8) is 0 Å². The van der Waals surface area contributed by atoms with Crippen LogP contribution in [0.15, 0.2) is 41.1 Å². The molecule has 1 atom stereocenters. The van der Waals surface area contributed by atoms with Crippen LogP contribution in [0.2, 0.25) is 0 Å². The number of aromatic nitrogens is 2. The van der Waals surface area contributed by atoms with E-state index in [1.54, 1.807) is 36.7 Å². The number of aliphatic hydroxyl groups is 1. The minimum Gasteiger partial charge on any atom is -0.463 e. The number of aromatic amines is 1. The number of carbonyl (C=O) groups is 1. The van der Waals surface area contributed by atoms with Crippen molar-refractivity contribution in [1.82, 2.24) is 9.97 Å². The number of furan rings is 1. The molecule has 1 aliphatic heterocycles. The fraction of sp³-hybridized carbons (Fsp3) is 0.333. The largest absolute Gasteiger partial charge is 0.463 e. The normalized spacial score (nSPS) is 16.5. The number of thiazole rings is 1. The Morgan fingerprint density at radius 1 is 1.35 bits per heavy atom. The van der Waals surface area contributed by atoms with Crippen LogP contribution in [0, 0.1) is 5.92 Å². The Labute approximate surface area is 154 Å². The van der Waals surface area contributed by atoms with E-state index in [-0.39, 0.29) is 11.8 Å². The SMILES string of the molecule is O=C(Nc1nc(-c2ccco2)c(C(O)C2CCOCC2)s1)c1ccc[nH]1. The van der Waals surface area contributed by atoms with Gasteiger partial charge in [0.1, 0.15) is 11.4 Å². The topological polar surface area (TPSA) is 100 Å². The number of ether oxygens (including phenoxy) is 1. The predicted molar refractivity (Wildman–Crippen MR) is 97.1 cm³/mol. The Bertz CT molecular complexity index is 851. The third-order valence-corrected chi connectivity index (χ3v) is 5.49. The molecule has 4 heterocycles. The zero-order chi connectivity index (χ0) is 17.9. The summed E-state index contributed by atoms with van der Waals surface area (Å²) >= 11 is 1.28. The average Bonchev–Trinajstić information content (AvgIpc) is 3.42. The third-order valence-electron chi connectivity index (χ3n) is 4.45. The second-order valence-electron chi connectivity index (χ2n) is 6.14. The van der Waals surface area contributed by atoms with Gasteiger partial charge in [-0.05, 0) is 43.0 Å². The molecule has 26 heavy (non-hydrogen) atoms. The van der Waals surface area contributed by atoms with E-state index in [4.69, 9.17) is 9.15 Å². The molecule has 3 N–H and O–H groups in total. The summed E-state index contributed by atoms with van der Waals surface area (Å²) in [5, 5.41) is 14.1. The van der Waals surface area contributed by atoms with Crippen molar-refractivity contribution in [2.75, 3.05) is 18.5 Å². The molecular formula is C18H19N3O4S. The van der Waals surface area contributed by atoms with Crippen LogP contribution in [-0.2, 0) is 4.74 Å². The molecule has 1 amide bonds. The van der Waals surface area contributed by atoms with Crippen LogP contribution in [0.3, 0.4) is 0 Å². The lowest BCUT2D eigenvalue weighted by Gasteiger charge is -2.26. The molecular weight excluding hydrogens is 354 g/mol. The quantitative estimate of drug-likeness (QED) is 0.636. The van der Waals surface area contributed by atoms with Gasteiger partial charge in [0.2, 0.25) is 0 Å². The van der Waals surface area contributed by atoms with Crippen LogP contribution in [0.4, 0.5) is 5.13 Å². The summed E-state index contributed by atoms with van der Waals surface area (Å²) in [6, 6.07) is 7.02. The molecule has 1 saturated heterocycles. The maximum Gasteiger partial charge on any atom is 0.273 e. The summed E-state index contributed by atoms with van der Waals surface area (Å²) in [6.07, 6.45) is 4.16. The Balaban J connectivity index is 1.63. The molecule has 0 spiro atoms. The highest BCUT2D eigenvalue weighted by Crippen LogP contribution is 2.41. The summed E-state index contributed by atoms with van der Waals surface area (Å²) in [5.74, 6) is 0.398. The van der Waals surface area contributed by atoms with Gasteiger partial charge >= 0.3 is 0 Å². The first-order valence-electron chi connectivity index (χ1n) is 8.47. The van der Waals surface area contributed by atoms with Crippen LogP contribution < -0.4 is 5.32 Å². The lowest BCUT2D eigenvalue weighted by molar-refractivity contribution is 0.00862. The van der Waals surface area contributed by atoms with E-state index >= 15 is 0 Å². The predicted octanol–water partition coefficient (Wildman–Crippen LogP) is 3.44. The number of nitrogens with one attached hydrogen (secondary N) is 2. The molecule has 3 aromatic rings. The maximum atomic E-state index is 12.3. The van der Waals surface area contributed by atoms with Gasteiger partial charge in [-0.3, -0.25) is 10.1 Å². The molecule has 0 aliphatic carbocycles. The summed E-state index contributed by atoms with van der Waals surface area (Å²) in [7, 11) is 0. The number of H-pyrrole nitrogens is 1. The number of hydrogen-bond donors (Lipinski definition) is 3. The highest BCUT2D eigenvalue weighted by molar-refractivity contribution is 7.16. The summed E-state index contributed by atoms with van der Waals surface area (Å²) in [4.78, 5) is 20.3. The van der Waals surface area contributed by atoms with Gasteiger partial charge < -0.3 is 19.2 Å². The van der Waals surface area contributed by atoms with E-state index in [1.165, 1.54) is 11.3 Å². The summed E-state index contributed by atoms with van der Waals surface area (Å²) < 4.78 is 10.9. The molecule has 4 rings (SSSR count). The van der Waals surface area contributed by atoms with Crippen molar-refractivity contribution in [1.29, 1.82) is 0 Å². The van der Waals surface area contributed by atoms with Gasteiger partial charge in [-0.15, -0.1) is 0 Å². The molecule has 7 nitrogen and oxygen atoms in total. The van der Waals surface area contributed by atoms with E-state index in [0.717, 1.165) is 12.8 Å². The standard InChI is InChI=1S/C18H19N3O4S/c22-15(11-5-9-24-10-6-11)16-14(13-4-2-8-25-13)20-18(26-16)21-17(23)12-3-1-7-19-12/h1-4,7-8,11,15,19,22H,5-6,9-10H2,(H,20,21,23). The number of nitrogens with zero attached hydrogens (tertiary/aromatic N) is 1. The Hall–Kier alpha value is -2.42. The highest BCUT2D eigenvalue weighted by atomic mass is 32.1. The van der Waals surface area contributed by atoms with Gasteiger partial charge in [0.15, 0.2) is 10.9 Å². The molecule has 1 unspecified atom stereocenters. The summed E-state index contributed by atoms with van der Waals surface area (Å²) in [6.45, 7) is 1.29. The molecule has 1 fully saturated rings. The second-order valence-corrected chi connectivity index (χ2v) is 7.17. The van der Waals surface area contributed by atoms with E-state index in [0.29, 0.717) is 40.4 Å². The highest BCUT2D eigenvalue weighted by Gasteiger charge is 2.29. The van der Waals surface area contributed by atoms with Gasteiger partial charge in [0.25, 0.3) is 5.91 Å².